The van der Waals surface area contributed by atoms with Crippen molar-refractivity contribution in [2.24, 2.45) is 0 Å². The van der Waals surface area contributed by atoms with Crippen LogP contribution in [-0.2, 0) is 0 Å². The number of ether oxygens (including phenoxy) is 2. The minimum absolute atomic E-state index is 0.0496. The van der Waals surface area contributed by atoms with Gasteiger partial charge in [-0.1, -0.05) is 11.6 Å². The molecule has 2 aromatic carbocycles. The predicted octanol–water partition coefficient (Wildman–Crippen LogP) is 4.31. The largest absolute Gasteiger partial charge is 0.495 e. The van der Waals surface area contributed by atoms with E-state index >= 15 is 0 Å². The SMILES string of the molecule is COc1cc(Nc2nncc(Nc3ccc(F)cc3F)n2)c(OC)cc1Cl. The van der Waals surface area contributed by atoms with Gasteiger partial charge in [0.2, 0.25) is 5.95 Å². The molecule has 0 amide bonds. The van der Waals surface area contributed by atoms with Crippen molar-refractivity contribution < 1.29 is 18.3 Å². The second-order valence-electron chi connectivity index (χ2n) is 5.23. The normalized spacial score (nSPS) is 10.4. The maximum Gasteiger partial charge on any atom is 0.249 e. The van der Waals surface area contributed by atoms with E-state index in [9.17, 15) is 8.78 Å². The molecule has 0 bridgehead atoms. The summed E-state index contributed by atoms with van der Waals surface area (Å²) in [5, 5.41) is 13.7. The monoisotopic (exact) mass is 393 g/mol. The third-order valence-corrected chi connectivity index (χ3v) is 3.77. The van der Waals surface area contributed by atoms with E-state index in [0.29, 0.717) is 22.2 Å². The van der Waals surface area contributed by atoms with Crippen molar-refractivity contribution >= 4 is 34.7 Å². The number of aromatic nitrogens is 3. The number of hydrogen-bond donors (Lipinski definition) is 2. The Balaban J connectivity index is 1.86. The van der Waals surface area contributed by atoms with Crippen LogP contribution in [0, 0.1) is 11.6 Å². The molecule has 3 aromatic rings. The van der Waals surface area contributed by atoms with Gasteiger partial charge in [0.1, 0.15) is 23.1 Å². The quantitative estimate of drug-likeness (QED) is 0.645. The minimum atomic E-state index is -0.757. The third-order valence-electron chi connectivity index (χ3n) is 3.47. The van der Waals surface area contributed by atoms with Crippen LogP contribution >= 0.6 is 11.6 Å². The van der Waals surface area contributed by atoms with Gasteiger partial charge < -0.3 is 20.1 Å². The zero-order chi connectivity index (χ0) is 19.4. The van der Waals surface area contributed by atoms with Crippen LogP contribution in [0.2, 0.25) is 5.02 Å². The number of anilines is 4. The second kappa shape index (κ2) is 8.00. The first-order chi connectivity index (χ1) is 13.0. The molecule has 0 aliphatic heterocycles. The zero-order valence-corrected chi connectivity index (χ0v) is 15.0. The number of nitrogens with one attached hydrogen (secondary N) is 2. The van der Waals surface area contributed by atoms with Crippen LogP contribution in [0.4, 0.5) is 31.9 Å². The van der Waals surface area contributed by atoms with Crippen molar-refractivity contribution in [1.29, 1.82) is 0 Å². The Labute approximate surface area is 158 Å². The Kier molecular flexibility index (Phi) is 5.51. The highest BCUT2D eigenvalue weighted by Gasteiger charge is 2.12. The second-order valence-corrected chi connectivity index (χ2v) is 5.63. The molecule has 3 rings (SSSR count). The molecule has 0 spiro atoms. The molecule has 0 atom stereocenters. The van der Waals surface area contributed by atoms with E-state index in [-0.39, 0.29) is 17.5 Å². The summed E-state index contributed by atoms with van der Waals surface area (Å²) in [6.45, 7) is 0. The van der Waals surface area contributed by atoms with Gasteiger partial charge in [-0.05, 0) is 12.1 Å². The van der Waals surface area contributed by atoms with Crippen LogP contribution in [0.25, 0.3) is 0 Å². The number of benzene rings is 2. The highest BCUT2D eigenvalue weighted by molar-refractivity contribution is 6.32. The summed E-state index contributed by atoms with van der Waals surface area (Å²) in [6, 6.07) is 6.34. The van der Waals surface area contributed by atoms with Gasteiger partial charge in [-0.25, -0.2) is 8.78 Å². The smallest absolute Gasteiger partial charge is 0.249 e. The Morgan fingerprint density at radius 3 is 2.44 bits per heavy atom. The highest BCUT2D eigenvalue weighted by Crippen LogP contribution is 2.36. The first-order valence-electron chi connectivity index (χ1n) is 7.60. The number of nitrogens with zero attached hydrogens (tertiary/aromatic N) is 3. The Morgan fingerprint density at radius 2 is 1.74 bits per heavy atom. The Morgan fingerprint density at radius 1 is 0.963 bits per heavy atom. The lowest BCUT2D eigenvalue weighted by Crippen LogP contribution is -2.04. The molecule has 0 aliphatic rings. The van der Waals surface area contributed by atoms with E-state index in [0.717, 1.165) is 12.1 Å². The van der Waals surface area contributed by atoms with Gasteiger partial charge in [-0.3, -0.25) is 0 Å². The molecule has 10 heteroatoms. The summed E-state index contributed by atoms with van der Waals surface area (Å²) >= 11 is 6.08. The van der Waals surface area contributed by atoms with E-state index in [4.69, 9.17) is 21.1 Å². The molecule has 2 N–H and O–H groups in total. The van der Waals surface area contributed by atoms with Gasteiger partial charge in [0.15, 0.2) is 5.82 Å². The lowest BCUT2D eigenvalue weighted by atomic mass is 10.2. The van der Waals surface area contributed by atoms with Crippen LogP contribution < -0.4 is 20.1 Å². The molecule has 0 unspecified atom stereocenters. The minimum Gasteiger partial charge on any atom is -0.495 e. The van der Waals surface area contributed by atoms with E-state index in [1.807, 2.05) is 0 Å². The molecule has 27 heavy (non-hydrogen) atoms. The standard InChI is InChI=1S/C17H14ClF2N5O2/c1-26-14-7-13(15(27-2)6-10(14)18)23-17-24-16(8-21-25-17)22-12-4-3-9(19)5-11(12)20/h3-8H,1-2H3,(H2,22,23,24,25). The van der Waals surface area contributed by atoms with E-state index in [2.05, 4.69) is 25.8 Å². The van der Waals surface area contributed by atoms with Gasteiger partial charge in [0.25, 0.3) is 0 Å². The van der Waals surface area contributed by atoms with Crippen LogP contribution in [0.3, 0.4) is 0 Å². The summed E-state index contributed by atoms with van der Waals surface area (Å²) in [7, 11) is 2.97. The average Bonchev–Trinajstić information content (AvgIpc) is 2.65. The summed E-state index contributed by atoms with van der Waals surface area (Å²) in [6.07, 6.45) is 1.30. The molecule has 140 valence electrons. The molecular formula is C17H14ClF2N5O2. The fourth-order valence-corrected chi connectivity index (χ4v) is 2.45. The van der Waals surface area contributed by atoms with Crippen LogP contribution in [-0.4, -0.2) is 29.4 Å². The molecule has 0 saturated heterocycles. The van der Waals surface area contributed by atoms with Crippen molar-refractivity contribution in [2.45, 2.75) is 0 Å². The fraction of sp³-hybridized carbons (Fsp3) is 0.118. The fourth-order valence-electron chi connectivity index (χ4n) is 2.22. The van der Waals surface area contributed by atoms with E-state index in [1.54, 1.807) is 12.1 Å². The lowest BCUT2D eigenvalue weighted by molar-refractivity contribution is 0.405. The van der Waals surface area contributed by atoms with Gasteiger partial charge in [-0.15, -0.1) is 5.10 Å². The molecule has 0 radical (unpaired) electrons. The number of rotatable bonds is 6. The predicted molar refractivity (Wildman–Crippen MR) is 97.3 cm³/mol. The van der Waals surface area contributed by atoms with E-state index in [1.165, 1.54) is 26.5 Å². The van der Waals surface area contributed by atoms with Gasteiger partial charge in [-0.2, -0.15) is 10.1 Å². The highest BCUT2D eigenvalue weighted by atomic mass is 35.5. The summed E-state index contributed by atoms with van der Waals surface area (Å²) in [5.74, 6) is -0.247. The summed E-state index contributed by atoms with van der Waals surface area (Å²) in [5.41, 5.74) is 0.541. The summed E-state index contributed by atoms with van der Waals surface area (Å²) in [4.78, 5) is 4.19. The topological polar surface area (TPSA) is 81.2 Å². The van der Waals surface area contributed by atoms with Crippen molar-refractivity contribution in [3.8, 4) is 11.5 Å². The van der Waals surface area contributed by atoms with Crippen molar-refractivity contribution in [3.63, 3.8) is 0 Å². The van der Waals surface area contributed by atoms with Crippen LogP contribution in [0.5, 0.6) is 11.5 Å². The van der Waals surface area contributed by atoms with Gasteiger partial charge >= 0.3 is 0 Å². The van der Waals surface area contributed by atoms with Crippen LogP contribution in [0.15, 0.2) is 36.5 Å². The van der Waals surface area contributed by atoms with Gasteiger partial charge in [0.05, 0.1) is 36.8 Å². The molecule has 0 saturated carbocycles. The lowest BCUT2D eigenvalue weighted by Gasteiger charge is -2.13. The maximum atomic E-state index is 13.8. The van der Waals surface area contributed by atoms with Crippen molar-refractivity contribution in [2.75, 3.05) is 24.9 Å². The third kappa shape index (κ3) is 4.32. The first-order valence-corrected chi connectivity index (χ1v) is 7.98. The summed E-state index contributed by atoms with van der Waals surface area (Å²) < 4.78 is 37.2. The molecule has 0 aliphatic carbocycles. The average molecular weight is 394 g/mol. The Bertz CT molecular complexity index is 974. The van der Waals surface area contributed by atoms with Gasteiger partial charge in [0, 0.05) is 18.2 Å². The number of halogens is 3. The van der Waals surface area contributed by atoms with Crippen molar-refractivity contribution in [3.05, 3.63) is 53.2 Å². The Hall–Kier alpha value is -3.20. The number of hydrogen-bond acceptors (Lipinski definition) is 7. The number of methoxy groups -OCH3 is 2. The molecule has 0 fully saturated rings. The van der Waals surface area contributed by atoms with Crippen LogP contribution in [0.1, 0.15) is 0 Å². The first kappa shape index (κ1) is 18.6. The molecular weight excluding hydrogens is 380 g/mol. The van der Waals surface area contributed by atoms with E-state index < -0.39 is 11.6 Å². The molecule has 7 nitrogen and oxygen atoms in total. The maximum absolute atomic E-state index is 13.8. The van der Waals surface area contributed by atoms with Crippen molar-refractivity contribution in [1.82, 2.24) is 15.2 Å². The zero-order valence-electron chi connectivity index (χ0n) is 14.3. The molecule has 1 heterocycles. The molecule has 1 aromatic heterocycles.